The summed E-state index contributed by atoms with van der Waals surface area (Å²) in [5.41, 5.74) is 4.32. The fourth-order valence-electron chi connectivity index (χ4n) is 3.05. The van der Waals surface area contributed by atoms with Gasteiger partial charge >= 0.3 is 0 Å². The van der Waals surface area contributed by atoms with Crippen LogP contribution in [0.3, 0.4) is 0 Å². The number of benzene rings is 1. The lowest BCUT2D eigenvalue weighted by Gasteiger charge is -2.06. The summed E-state index contributed by atoms with van der Waals surface area (Å²) in [6, 6.07) is 13.7. The molecule has 7 nitrogen and oxygen atoms in total. The lowest BCUT2D eigenvalue weighted by Crippen LogP contribution is -2.28. The molecule has 1 aromatic carbocycles. The maximum absolute atomic E-state index is 12.5. The number of imidazole rings is 1. The second-order valence-corrected chi connectivity index (χ2v) is 6.24. The third-order valence-electron chi connectivity index (χ3n) is 4.34. The van der Waals surface area contributed by atoms with Crippen LogP contribution in [0.4, 0.5) is 0 Å². The van der Waals surface area contributed by atoms with Crippen molar-refractivity contribution in [3.63, 3.8) is 0 Å². The Bertz CT molecular complexity index is 1060. The van der Waals surface area contributed by atoms with Gasteiger partial charge in [-0.3, -0.25) is 9.48 Å². The Morgan fingerprint density at radius 3 is 2.73 bits per heavy atom. The number of carbonyl (C=O) groups excluding carboxylic acids is 1. The van der Waals surface area contributed by atoms with Crippen molar-refractivity contribution in [2.45, 2.75) is 13.5 Å². The average molecular weight is 348 g/mol. The third-order valence-corrected chi connectivity index (χ3v) is 4.34. The molecule has 3 aromatic heterocycles. The first kappa shape index (κ1) is 16.1. The number of aromatic nitrogens is 5. The molecule has 0 fully saturated rings. The molecule has 0 aliphatic heterocycles. The number of aryl methyl sites for hydroxylation is 2. The molecule has 7 heteroatoms. The van der Waals surface area contributed by atoms with E-state index in [9.17, 15) is 4.79 Å². The predicted molar refractivity (Wildman–Crippen MR) is 98.9 cm³/mol. The van der Waals surface area contributed by atoms with Gasteiger partial charge in [0.1, 0.15) is 11.3 Å². The van der Waals surface area contributed by atoms with E-state index in [4.69, 9.17) is 0 Å². The summed E-state index contributed by atoms with van der Waals surface area (Å²) in [4.78, 5) is 12.5. The molecule has 0 saturated heterocycles. The maximum atomic E-state index is 12.5. The van der Waals surface area contributed by atoms with Crippen LogP contribution in [-0.4, -0.2) is 36.4 Å². The number of fused-ring (bicyclic) bond motifs is 1. The zero-order chi connectivity index (χ0) is 18.1. The van der Waals surface area contributed by atoms with Gasteiger partial charge in [0.15, 0.2) is 0 Å². The van der Waals surface area contributed by atoms with Crippen molar-refractivity contribution in [1.82, 2.24) is 29.3 Å². The van der Waals surface area contributed by atoms with Crippen molar-refractivity contribution in [2.75, 3.05) is 6.54 Å². The van der Waals surface area contributed by atoms with Crippen LogP contribution in [0.15, 0.2) is 54.9 Å². The lowest BCUT2D eigenvalue weighted by atomic mass is 10.1. The molecule has 4 aromatic rings. The molecule has 0 saturated carbocycles. The van der Waals surface area contributed by atoms with E-state index in [0.29, 0.717) is 18.8 Å². The van der Waals surface area contributed by atoms with Crippen molar-refractivity contribution < 1.29 is 4.79 Å². The van der Waals surface area contributed by atoms with Crippen molar-refractivity contribution in [3.05, 3.63) is 66.2 Å². The Morgan fingerprint density at radius 1 is 1.12 bits per heavy atom. The summed E-state index contributed by atoms with van der Waals surface area (Å²) >= 11 is 0. The number of rotatable bonds is 5. The Balaban J connectivity index is 1.43. The van der Waals surface area contributed by atoms with E-state index >= 15 is 0 Å². The molecule has 3 heterocycles. The number of amides is 1. The first-order chi connectivity index (χ1) is 12.6. The second kappa shape index (κ2) is 6.51. The number of carbonyl (C=O) groups is 1. The number of hydrogen-bond donors (Lipinski definition) is 1. The molecule has 132 valence electrons. The first-order valence-electron chi connectivity index (χ1n) is 8.50. The molecule has 1 amide bonds. The van der Waals surface area contributed by atoms with E-state index in [1.807, 2.05) is 66.3 Å². The van der Waals surface area contributed by atoms with Crippen molar-refractivity contribution in [3.8, 4) is 11.3 Å². The number of nitrogens with zero attached hydrogens (tertiary/aromatic N) is 5. The summed E-state index contributed by atoms with van der Waals surface area (Å²) in [6.07, 6.45) is 3.88. The van der Waals surface area contributed by atoms with Gasteiger partial charge in [0.25, 0.3) is 5.91 Å². The van der Waals surface area contributed by atoms with Gasteiger partial charge in [-0.2, -0.15) is 10.2 Å². The monoisotopic (exact) mass is 348 g/mol. The van der Waals surface area contributed by atoms with Gasteiger partial charge in [-0.15, -0.1) is 0 Å². The van der Waals surface area contributed by atoms with Crippen LogP contribution in [0.5, 0.6) is 0 Å². The third kappa shape index (κ3) is 2.99. The molecule has 4 rings (SSSR count). The van der Waals surface area contributed by atoms with E-state index < -0.39 is 0 Å². The van der Waals surface area contributed by atoms with Crippen LogP contribution >= 0.6 is 0 Å². The zero-order valence-corrected chi connectivity index (χ0v) is 14.8. The topological polar surface area (TPSA) is 69.2 Å². The molecule has 26 heavy (non-hydrogen) atoms. The predicted octanol–water partition coefficient (Wildman–Crippen LogP) is 2.27. The molecule has 1 N–H and O–H groups in total. The van der Waals surface area contributed by atoms with Crippen molar-refractivity contribution >= 4 is 11.6 Å². The molecule has 0 unspecified atom stereocenters. The van der Waals surface area contributed by atoms with Gasteiger partial charge in [0.05, 0.1) is 11.4 Å². The minimum atomic E-state index is -0.130. The number of nitrogens with one attached hydrogen (secondary N) is 1. The smallest absolute Gasteiger partial charge is 0.269 e. The van der Waals surface area contributed by atoms with Gasteiger partial charge in [0.2, 0.25) is 0 Å². The van der Waals surface area contributed by atoms with Crippen molar-refractivity contribution in [2.24, 2.45) is 7.05 Å². The molecule has 0 atom stereocenters. The highest BCUT2D eigenvalue weighted by molar-refractivity contribution is 5.93. The van der Waals surface area contributed by atoms with E-state index in [2.05, 4.69) is 20.1 Å². The minimum Gasteiger partial charge on any atom is -0.349 e. The molecule has 0 bridgehead atoms. The normalized spacial score (nSPS) is 11.2. The van der Waals surface area contributed by atoms with E-state index in [-0.39, 0.29) is 5.91 Å². The SMILES string of the molecule is Cc1cc2n(CCNC(=O)c3cc(-c4ccccc4)nn3C)ccn2n1. The van der Waals surface area contributed by atoms with Crippen LogP contribution in [0.2, 0.25) is 0 Å². The lowest BCUT2D eigenvalue weighted by molar-refractivity contribution is 0.0943. The number of hydrogen-bond acceptors (Lipinski definition) is 3. The van der Waals surface area contributed by atoms with Gasteiger partial charge in [-0.25, -0.2) is 4.52 Å². The van der Waals surface area contributed by atoms with E-state index in [1.165, 1.54) is 0 Å². The Kier molecular flexibility index (Phi) is 4.04. The molecule has 0 aliphatic carbocycles. The van der Waals surface area contributed by atoms with Gasteiger partial charge in [-0.05, 0) is 13.0 Å². The fraction of sp³-hybridized carbons (Fsp3) is 0.211. The van der Waals surface area contributed by atoms with Gasteiger partial charge in [0, 0.05) is 44.2 Å². The Morgan fingerprint density at radius 2 is 1.92 bits per heavy atom. The Hall–Kier alpha value is -3.35. The largest absolute Gasteiger partial charge is 0.349 e. The quantitative estimate of drug-likeness (QED) is 0.601. The highest BCUT2D eigenvalue weighted by Gasteiger charge is 2.14. The van der Waals surface area contributed by atoms with Crippen LogP contribution < -0.4 is 5.32 Å². The van der Waals surface area contributed by atoms with Gasteiger partial charge < -0.3 is 9.88 Å². The standard InChI is InChI=1S/C19H20N6O/c1-14-12-18-24(10-11-25(18)21-14)9-8-20-19(26)17-13-16(22-23(17)2)15-6-4-3-5-7-15/h3-7,10-13H,8-9H2,1-2H3,(H,20,26). The average Bonchev–Trinajstić information content (AvgIpc) is 3.30. The van der Waals surface area contributed by atoms with E-state index in [0.717, 1.165) is 22.6 Å². The minimum absolute atomic E-state index is 0.130. The molecular weight excluding hydrogens is 328 g/mol. The van der Waals surface area contributed by atoms with Crippen LogP contribution in [-0.2, 0) is 13.6 Å². The molecule has 0 aliphatic rings. The molecule has 0 spiro atoms. The second-order valence-electron chi connectivity index (χ2n) is 6.24. The maximum Gasteiger partial charge on any atom is 0.269 e. The Labute approximate surface area is 150 Å². The van der Waals surface area contributed by atoms with Crippen molar-refractivity contribution in [1.29, 1.82) is 0 Å². The van der Waals surface area contributed by atoms with Gasteiger partial charge in [-0.1, -0.05) is 30.3 Å². The summed E-state index contributed by atoms with van der Waals surface area (Å²) in [5, 5.41) is 11.8. The van der Waals surface area contributed by atoms with Crippen LogP contribution in [0.25, 0.3) is 16.9 Å². The van der Waals surface area contributed by atoms with Crippen LogP contribution in [0, 0.1) is 6.92 Å². The highest BCUT2D eigenvalue weighted by Crippen LogP contribution is 2.18. The van der Waals surface area contributed by atoms with Crippen LogP contribution in [0.1, 0.15) is 16.2 Å². The summed E-state index contributed by atoms with van der Waals surface area (Å²) in [7, 11) is 1.78. The summed E-state index contributed by atoms with van der Waals surface area (Å²) in [5.74, 6) is -0.130. The first-order valence-corrected chi connectivity index (χ1v) is 8.50. The zero-order valence-electron chi connectivity index (χ0n) is 14.8. The highest BCUT2D eigenvalue weighted by atomic mass is 16.2. The summed E-state index contributed by atoms with van der Waals surface area (Å²) in [6.45, 7) is 3.17. The molecule has 0 radical (unpaired) electrons. The van der Waals surface area contributed by atoms with E-state index in [1.54, 1.807) is 11.7 Å². The molecular formula is C19H20N6O. The fourth-order valence-corrected chi connectivity index (χ4v) is 3.05. The summed E-state index contributed by atoms with van der Waals surface area (Å²) < 4.78 is 5.52.